The summed E-state index contributed by atoms with van der Waals surface area (Å²) in [5, 5.41) is 22.1. The monoisotopic (exact) mass is 291 g/mol. The zero-order valence-electron chi connectivity index (χ0n) is 11.3. The number of carbonyl (C=O) groups excluding carboxylic acids is 1. The van der Waals surface area contributed by atoms with E-state index in [0.29, 0.717) is 5.69 Å². The zero-order valence-corrected chi connectivity index (χ0v) is 12.1. The number of aryl methyl sites for hydroxylation is 1. The molecule has 0 aliphatic heterocycles. The van der Waals surface area contributed by atoms with Crippen molar-refractivity contribution in [2.24, 2.45) is 0 Å². The van der Waals surface area contributed by atoms with Gasteiger partial charge in [0.05, 0.1) is 6.54 Å². The Morgan fingerprint density at radius 2 is 2.45 bits per heavy atom. The van der Waals surface area contributed by atoms with Gasteiger partial charge in [0, 0.05) is 16.1 Å². The fourth-order valence-corrected chi connectivity index (χ4v) is 3.30. The molecule has 0 saturated heterocycles. The van der Waals surface area contributed by atoms with E-state index in [1.165, 1.54) is 11.3 Å². The van der Waals surface area contributed by atoms with Crippen LogP contribution in [0, 0.1) is 0 Å². The van der Waals surface area contributed by atoms with Gasteiger partial charge in [0.2, 0.25) is 0 Å². The smallest absolute Gasteiger partial charge is 0.272 e. The molecular weight excluding hydrogens is 274 g/mol. The SMILES string of the molecule is CC(O)(CNC(=O)c1n[nH]c2c1CCC2)c1cccs1. The third-order valence-corrected chi connectivity index (χ3v) is 4.79. The first-order chi connectivity index (χ1) is 9.58. The van der Waals surface area contributed by atoms with Gasteiger partial charge in [0.25, 0.3) is 5.91 Å². The Kier molecular flexibility index (Phi) is 3.35. The van der Waals surface area contributed by atoms with Gasteiger partial charge in [-0.25, -0.2) is 0 Å². The summed E-state index contributed by atoms with van der Waals surface area (Å²) in [6.45, 7) is 1.88. The van der Waals surface area contributed by atoms with Crippen LogP contribution in [-0.2, 0) is 18.4 Å². The van der Waals surface area contributed by atoms with Crippen LogP contribution in [-0.4, -0.2) is 27.8 Å². The molecule has 3 rings (SSSR count). The summed E-state index contributed by atoms with van der Waals surface area (Å²) in [6.07, 6.45) is 2.93. The van der Waals surface area contributed by atoms with Crippen molar-refractivity contribution in [3.63, 3.8) is 0 Å². The number of aliphatic hydroxyl groups is 1. The Hall–Kier alpha value is -1.66. The number of carbonyl (C=O) groups is 1. The molecule has 106 valence electrons. The molecule has 0 fully saturated rings. The molecule has 2 heterocycles. The number of thiophene rings is 1. The van der Waals surface area contributed by atoms with Crippen LogP contribution in [0.3, 0.4) is 0 Å². The first-order valence-corrected chi connectivity index (χ1v) is 7.56. The van der Waals surface area contributed by atoms with Crippen LogP contribution in [0.2, 0.25) is 0 Å². The highest BCUT2D eigenvalue weighted by molar-refractivity contribution is 7.10. The van der Waals surface area contributed by atoms with Crippen LogP contribution in [0.1, 0.15) is 40.0 Å². The minimum absolute atomic E-state index is 0.175. The standard InChI is InChI=1S/C14H17N3O2S/c1-14(19,11-6-3-7-20-11)8-15-13(18)12-9-4-2-5-10(9)16-17-12/h3,6-7,19H,2,4-5,8H2,1H3,(H,15,18)(H,16,17). The van der Waals surface area contributed by atoms with Gasteiger partial charge in [-0.1, -0.05) is 6.07 Å². The van der Waals surface area contributed by atoms with E-state index in [2.05, 4.69) is 15.5 Å². The van der Waals surface area contributed by atoms with Crippen molar-refractivity contribution in [2.45, 2.75) is 31.8 Å². The van der Waals surface area contributed by atoms with Crippen LogP contribution in [0.25, 0.3) is 0 Å². The highest BCUT2D eigenvalue weighted by atomic mass is 32.1. The predicted octanol–water partition coefficient (Wildman–Crippen LogP) is 1.60. The molecule has 1 unspecified atom stereocenters. The number of hydrogen-bond donors (Lipinski definition) is 3. The summed E-state index contributed by atoms with van der Waals surface area (Å²) in [6, 6.07) is 3.75. The van der Waals surface area contributed by atoms with Crippen molar-refractivity contribution < 1.29 is 9.90 Å². The summed E-state index contributed by atoms with van der Waals surface area (Å²) in [5.74, 6) is -0.221. The van der Waals surface area contributed by atoms with Crippen LogP contribution < -0.4 is 5.32 Å². The summed E-state index contributed by atoms with van der Waals surface area (Å²) in [5.41, 5.74) is 1.52. The van der Waals surface area contributed by atoms with Gasteiger partial charge in [-0.05, 0) is 37.6 Å². The summed E-state index contributed by atoms with van der Waals surface area (Å²) >= 11 is 1.48. The van der Waals surface area contributed by atoms with Crippen molar-refractivity contribution in [1.82, 2.24) is 15.5 Å². The molecule has 2 aromatic heterocycles. The number of nitrogens with zero attached hydrogens (tertiary/aromatic N) is 1. The molecule has 1 atom stereocenters. The molecule has 0 aromatic carbocycles. The van der Waals surface area contributed by atoms with Crippen LogP contribution in [0.15, 0.2) is 17.5 Å². The molecular formula is C14H17N3O2S. The second-order valence-corrected chi connectivity index (χ2v) is 6.26. The minimum atomic E-state index is -1.05. The lowest BCUT2D eigenvalue weighted by Crippen LogP contribution is -2.38. The van der Waals surface area contributed by atoms with Crippen LogP contribution >= 0.6 is 11.3 Å². The molecule has 0 radical (unpaired) electrons. The lowest BCUT2D eigenvalue weighted by atomic mass is 10.1. The molecule has 1 aliphatic rings. The number of amides is 1. The third kappa shape index (κ3) is 2.36. The molecule has 0 saturated carbocycles. The average molecular weight is 291 g/mol. The number of aromatic amines is 1. The maximum atomic E-state index is 12.2. The summed E-state index contributed by atoms with van der Waals surface area (Å²) in [7, 11) is 0. The maximum Gasteiger partial charge on any atom is 0.272 e. The van der Waals surface area contributed by atoms with Crippen LogP contribution in [0.4, 0.5) is 0 Å². The number of hydrogen-bond acceptors (Lipinski definition) is 4. The largest absolute Gasteiger partial charge is 0.383 e. The quantitative estimate of drug-likeness (QED) is 0.800. The van der Waals surface area contributed by atoms with Gasteiger partial charge < -0.3 is 10.4 Å². The first kappa shape index (κ1) is 13.3. The number of aromatic nitrogens is 2. The van der Waals surface area contributed by atoms with Crippen molar-refractivity contribution in [3.05, 3.63) is 39.3 Å². The lowest BCUT2D eigenvalue weighted by Gasteiger charge is -2.22. The molecule has 0 bridgehead atoms. The Balaban J connectivity index is 1.68. The summed E-state index contributed by atoms with van der Waals surface area (Å²) in [4.78, 5) is 13.0. The average Bonchev–Trinajstić information content (AvgIpc) is 3.11. The maximum absolute atomic E-state index is 12.2. The van der Waals surface area contributed by atoms with Gasteiger partial charge >= 0.3 is 0 Å². The molecule has 2 aromatic rings. The highest BCUT2D eigenvalue weighted by Gasteiger charge is 2.27. The fraction of sp³-hybridized carbons (Fsp3) is 0.429. The third-order valence-electron chi connectivity index (χ3n) is 3.67. The van der Waals surface area contributed by atoms with E-state index >= 15 is 0 Å². The Labute approximate surface area is 121 Å². The Morgan fingerprint density at radius 1 is 1.60 bits per heavy atom. The molecule has 0 spiro atoms. The van der Waals surface area contributed by atoms with Gasteiger partial charge in [-0.2, -0.15) is 5.10 Å². The van der Waals surface area contributed by atoms with Crippen molar-refractivity contribution >= 4 is 17.2 Å². The van der Waals surface area contributed by atoms with Gasteiger partial charge in [-0.15, -0.1) is 11.3 Å². The van der Waals surface area contributed by atoms with Crippen molar-refractivity contribution in [3.8, 4) is 0 Å². The van der Waals surface area contributed by atoms with E-state index < -0.39 is 5.60 Å². The Morgan fingerprint density at radius 3 is 3.20 bits per heavy atom. The van der Waals surface area contributed by atoms with E-state index in [-0.39, 0.29) is 12.5 Å². The zero-order chi connectivity index (χ0) is 14.2. The van der Waals surface area contributed by atoms with E-state index in [1.807, 2.05) is 17.5 Å². The van der Waals surface area contributed by atoms with Crippen LogP contribution in [0.5, 0.6) is 0 Å². The molecule has 6 heteroatoms. The molecule has 20 heavy (non-hydrogen) atoms. The van der Waals surface area contributed by atoms with E-state index in [4.69, 9.17) is 0 Å². The molecule has 3 N–H and O–H groups in total. The first-order valence-electron chi connectivity index (χ1n) is 6.68. The van der Waals surface area contributed by atoms with Gasteiger partial charge in [0.15, 0.2) is 5.69 Å². The number of nitrogens with one attached hydrogen (secondary N) is 2. The molecule has 1 amide bonds. The van der Waals surface area contributed by atoms with Crippen molar-refractivity contribution in [2.75, 3.05) is 6.54 Å². The number of fused-ring (bicyclic) bond motifs is 1. The van der Waals surface area contributed by atoms with Gasteiger partial charge in [-0.3, -0.25) is 9.89 Å². The second-order valence-electron chi connectivity index (χ2n) is 5.32. The highest BCUT2D eigenvalue weighted by Crippen LogP contribution is 2.25. The minimum Gasteiger partial charge on any atom is -0.383 e. The van der Waals surface area contributed by atoms with E-state index in [1.54, 1.807) is 6.92 Å². The lowest BCUT2D eigenvalue weighted by molar-refractivity contribution is 0.0555. The molecule has 1 aliphatic carbocycles. The number of rotatable bonds is 4. The topological polar surface area (TPSA) is 78.0 Å². The predicted molar refractivity (Wildman–Crippen MR) is 76.8 cm³/mol. The second kappa shape index (κ2) is 5.03. The van der Waals surface area contributed by atoms with Crippen molar-refractivity contribution in [1.29, 1.82) is 0 Å². The Bertz CT molecular complexity index is 616. The molecule has 5 nitrogen and oxygen atoms in total. The fourth-order valence-electron chi connectivity index (χ4n) is 2.52. The van der Waals surface area contributed by atoms with Gasteiger partial charge in [0.1, 0.15) is 5.60 Å². The van der Waals surface area contributed by atoms with E-state index in [0.717, 1.165) is 35.4 Å². The number of H-pyrrole nitrogens is 1. The normalized spacial score (nSPS) is 16.7. The van der Waals surface area contributed by atoms with E-state index in [9.17, 15) is 9.90 Å². The summed E-state index contributed by atoms with van der Waals surface area (Å²) < 4.78 is 0.